The van der Waals surface area contributed by atoms with Gasteiger partial charge in [0.25, 0.3) is 0 Å². The summed E-state index contributed by atoms with van der Waals surface area (Å²) >= 11 is 0. The number of amides is 3. The molecule has 8 heteroatoms. The molecular weight excluding hydrogens is 335 g/mol. The Morgan fingerprint density at radius 2 is 1.73 bits per heavy atom. The van der Waals surface area contributed by atoms with Crippen molar-refractivity contribution in [3.8, 4) is 0 Å². The molecule has 0 aromatic heterocycles. The van der Waals surface area contributed by atoms with Crippen LogP contribution in [0.3, 0.4) is 0 Å². The van der Waals surface area contributed by atoms with Gasteiger partial charge in [-0.25, -0.2) is 19.9 Å². The Labute approximate surface area is 155 Å². The van der Waals surface area contributed by atoms with E-state index in [0.29, 0.717) is 25.0 Å². The van der Waals surface area contributed by atoms with Gasteiger partial charge in [0.05, 0.1) is 11.2 Å². The Kier molecular flexibility index (Phi) is 5.68. The van der Waals surface area contributed by atoms with Gasteiger partial charge < -0.3 is 14.0 Å². The zero-order chi connectivity index (χ0) is 19.8. The molecule has 0 spiro atoms. The topological polar surface area (TPSA) is 86.2 Å². The summed E-state index contributed by atoms with van der Waals surface area (Å²) in [6.07, 6.45) is 3.05. The standard InChI is InChI=1S/C18H29BN2O5/c1-16(2,3)24-15(23)21-14(22)20-13-10-8-12(9-11-13)19-25-17(4,5)18(6,7)26-19/h8H,9-11H2,1-7H3,(H,21,22,23)/b20-13-. The number of urea groups is 1. The molecular formula is C18H29BN2O5. The molecule has 0 saturated carbocycles. The van der Waals surface area contributed by atoms with Crippen LogP contribution >= 0.6 is 0 Å². The predicted octanol–water partition coefficient (Wildman–Crippen LogP) is 3.81. The van der Waals surface area contributed by atoms with E-state index in [0.717, 1.165) is 5.47 Å². The van der Waals surface area contributed by atoms with E-state index >= 15 is 0 Å². The van der Waals surface area contributed by atoms with E-state index in [1.807, 2.05) is 33.8 Å². The molecule has 0 unspecified atom stereocenters. The van der Waals surface area contributed by atoms with Gasteiger partial charge in [0, 0.05) is 12.1 Å². The van der Waals surface area contributed by atoms with Crippen LogP contribution in [0, 0.1) is 0 Å². The number of carbonyl (C=O) groups excluding carboxylic acids is 2. The van der Waals surface area contributed by atoms with Crippen LogP contribution in [-0.2, 0) is 14.0 Å². The van der Waals surface area contributed by atoms with Crippen molar-refractivity contribution in [2.24, 2.45) is 4.99 Å². The molecule has 1 N–H and O–H groups in total. The molecule has 144 valence electrons. The highest BCUT2D eigenvalue weighted by Crippen LogP contribution is 2.39. The first-order valence-corrected chi connectivity index (χ1v) is 8.94. The maximum Gasteiger partial charge on any atom is 0.490 e. The molecule has 2 rings (SSSR count). The van der Waals surface area contributed by atoms with Crippen molar-refractivity contribution in [2.75, 3.05) is 0 Å². The largest absolute Gasteiger partial charge is 0.490 e. The van der Waals surface area contributed by atoms with Gasteiger partial charge in [-0.2, -0.15) is 0 Å². The lowest BCUT2D eigenvalue weighted by atomic mass is 9.72. The van der Waals surface area contributed by atoms with Gasteiger partial charge >= 0.3 is 19.2 Å². The first-order chi connectivity index (χ1) is 11.8. The number of ether oxygens (including phenoxy) is 1. The maximum atomic E-state index is 11.8. The Morgan fingerprint density at radius 3 is 2.19 bits per heavy atom. The van der Waals surface area contributed by atoms with E-state index in [9.17, 15) is 9.59 Å². The highest BCUT2D eigenvalue weighted by atomic mass is 16.7. The Bertz CT molecular complexity index is 630. The van der Waals surface area contributed by atoms with Crippen LogP contribution in [0.1, 0.15) is 67.7 Å². The van der Waals surface area contributed by atoms with Gasteiger partial charge in [-0.3, -0.25) is 0 Å². The van der Waals surface area contributed by atoms with Gasteiger partial charge in [0.1, 0.15) is 5.60 Å². The molecule has 3 amide bonds. The molecule has 2 aliphatic rings. The number of hydrogen-bond acceptors (Lipinski definition) is 5. The fraction of sp³-hybridized carbons (Fsp3) is 0.722. The average Bonchev–Trinajstić information content (AvgIpc) is 2.65. The smallest absolute Gasteiger partial charge is 0.443 e. The van der Waals surface area contributed by atoms with Crippen LogP contribution in [0.15, 0.2) is 16.5 Å². The Morgan fingerprint density at radius 1 is 1.15 bits per heavy atom. The van der Waals surface area contributed by atoms with E-state index in [2.05, 4.69) is 10.3 Å². The average molecular weight is 364 g/mol. The molecule has 0 radical (unpaired) electrons. The summed E-state index contributed by atoms with van der Waals surface area (Å²) < 4.78 is 17.1. The Balaban J connectivity index is 1.92. The number of nitrogens with zero attached hydrogens (tertiary/aromatic N) is 1. The van der Waals surface area contributed by atoms with Crippen LogP contribution in [0.25, 0.3) is 0 Å². The molecule has 26 heavy (non-hydrogen) atoms. The molecule has 0 aromatic rings. The highest BCUT2D eigenvalue weighted by Gasteiger charge is 2.52. The fourth-order valence-electron chi connectivity index (χ4n) is 2.61. The third kappa shape index (κ3) is 5.17. The van der Waals surface area contributed by atoms with Gasteiger partial charge in [0.2, 0.25) is 0 Å². The first-order valence-electron chi connectivity index (χ1n) is 8.94. The summed E-state index contributed by atoms with van der Waals surface area (Å²) in [6.45, 7) is 13.3. The predicted molar refractivity (Wildman–Crippen MR) is 100 cm³/mol. The van der Waals surface area contributed by atoms with Gasteiger partial charge in [-0.05, 0) is 66.8 Å². The number of hydrogen-bond donors (Lipinski definition) is 1. The number of alkyl carbamates (subject to hydrolysis) is 1. The van der Waals surface area contributed by atoms with Crippen molar-refractivity contribution in [2.45, 2.75) is 84.5 Å². The van der Waals surface area contributed by atoms with Crippen LogP contribution in [-0.4, -0.2) is 41.8 Å². The second-order valence-corrected chi connectivity index (χ2v) is 8.68. The zero-order valence-corrected chi connectivity index (χ0v) is 16.8. The highest BCUT2D eigenvalue weighted by molar-refractivity contribution is 6.54. The van der Waals surface area contributed by atoms with Crippen LogP contribution < -0.4 is 5.32 Å². The molecule has 0 aromatic carbocycles. The number of allylic oxidation sites excluding steroid dienone is 2. The number of carbonyl (C=O) groups is 2. The van der Waals surface area contributed by atoms with Gasteiger partial charge in [-0.1, -0.05) is 6.08 Å². The van der Waals surface area contributed by atoms with Crippen LogP contribution in [0.4, 0.5) is 9.59 Å². The summed E-state index contributed by atoms with van der Waals surface area (Å²) in [5, 5.41) is 2.11. The van der Waals surface area contributed by atoms with Crippen LogP contribution in [0.2, 0.25) is 0 Å². The normalized spacial score (nSPS) is 23.6. The lowest BCUT2D eigenvalue weighted by Crippen LogP contribution is -2.41. The number of aliphatic imine (C=N–C) groups is 1. The van der Waals surface area contributed by atoms with Crippen molar-refractivity contribution in [1.29, 1.82) is 0 Å². The third-order valence-corrected chi connectivity index (χ3v) is 4.73. The third-order valence-electron chi connectivity index (χ3n) is 4.73. The minimum Gasteiger partial charge on any atom is -0.443 e. The number of imide groups is 1. The summed E-state index contributed by atoms with van der Waals surface area (Å²) in [6, 6.07) is -0.707. The van der Waals surface area contributed by atoms with E-state index < -0.39 is 17.7 Å². The van der Waals surface area contributed by atoms with Crippen molar-refractivity contribution < 1.29 is 23.6 Å². The molecule has 1 fully saturated rings. The maximum absolute atomic E-state index is 11.8. The van der Waals surface area contributed by atoms with Gasteiger partial charge in [-0.15, -0.1) is 0 Å². The van der Waals surface area contributed by atoms with Crippen molar-refractivity contribution in [3.05, 3.63) is 11.5 Å². The molecule has 1 aliphatic heterocycles. The van der Waals surface area contributed by atoms with E-state index in [1.165, 1.54) is 0 Å². The molecule has 1 heterocycles. The summed E-state index contributed by atoms with van der Waals surface area (Å²) in [4.78, 5) is 27.4. The van der Waals surface area contributed by atoms with Gasteiger partial charge in [0.15, 0.2) is 0 Å². The monoisotopic (exact) mass is 364 g/mol. The van der Waals surface area contributed by atoms with Crippen molar-refractivity contribution in [3.63, 3.8) is 0 Å². The minimum absolute atomic E-state index is 0.364. The number of rotatable bonds is 1. The second kappa shape index (κ2) is 7.16. The van der Waals surface area contributed by atoms with Crippen molar-refractivity contribution in [1.82, 2.24) is 5.32 Å². The Hall–Kier alpha value is -1.67. The minimum atomic E-state index is -0.795. The molecule has 7 nitrogen and oxygen atoms in total. The first kappa shape index (κ1) is 20.6. The number of nitrogens with one attached hydrogen (secondary N) is 1. The molecule has 0 atom stereocenters. The van der Waals surface area contributed by atoms with E-state index in [4.69, 9.17) is 14.0 Å². The second-order valence-electron chi connectivity index (χ2n) is 8.68. The summed E-state index contributed by atoms with van der Waals surface area (Å²) in [5.74, 6) is 0. The molecule has 0 bridgehead atoms. The quantitative estimate of drug-likeness (QED) is 0.715. The summed E-state index contributed by atoms with van der Waals surface area (Å²) in [7, 11) is -0.364. The van der Waals surface area contributed by atoms with E-state index in [1.54, 1.807) is 20.8 Å². The lowest BCUT2D eigenvalue weighted by Gasteiger charge is -2.32. The fourth-order valence-corrected chi connectivity index (χ4v) is 2.61. The lowest BCUT2D eigenvalue weighted by molar-refractivity contribution is 0.00578. The zero-order valence-electron chi connectivity index (χ0n) is 16.8. The molecule has 1 saturated heterocycles. The summed E-state index contributed by atoms with van der Waals surface area (Å²) in [5.41, 5.74) is 0.366. The van der Waals surface area contributed by atoms with E-state index in [-0.39, 0.29) is 18.3 Å². The van der Waals surface area contributed by atoms with Crippen LogP contribution in [0.5, 0.6) is 0 Å². The van der Waals surface area contributed by atoms with Crippen molar-refractivity contribution >= 4 is 25.0 Å². The SMILES string of the molecule is CC(C)(C)OC(=O)NC(=O)/N=C1/CC=C(B2OC(C)(C)C(C)(C)O2)CC1. The molecule has 1 aliphatic carbocycles.